The Balaban J connectivity index is 1.39. The van der Waals surface area contributed by atoms with E-state index in [2.05, 4.69) is 45.2 Å². The van der Waals surface area contributed by atoms with Gasteiger partial charge < -0.3 is 10.1 Å². The first-order valence-electron chi connectivity index (χ1n) is 7.69. The van der Waals surface area contributed by atoms with Crippen LogP contribution < -0.4 is 10.1 Å². The van der Waals surface area contributed by atoms with Crippen LogP contribution in [0.2, 0.25) is 0 Å². The maximum atomic E-state index is 5.17. The quantitative estimate of drug-likeness (QED) is 0.552. The minimum atomic E-state index is 0.895. The third-order valence-corrected chi connectivity index (χ3v) is 6.36. The fraction of sp³-hybridized carbons (Fsp3) is 0.294. The lowest BCUT2D eigenvalue weighted by Gasteiger charge is -2.02. The van der Waals surface area contributed by atoms with Crippen molar-refractivity contribution >= 4 is 39.6 Å². The molecular formula is C17H19N3OS3. The second kappa shape index (κ2) is 9.05. The first-order valence-corrected chi connectivity index (χ1v) is 10.4. The van der Waals surface area contributed by atoms with Crippen molar-refractivity contribution in [3.05, 3.63) is 52.2 Å². The van der Waals surface area contributed by atoms with Crippen molar-refractivity contribution in [1.29, 1.82) is 0 Å². The number of nitrogens with one attached hydrogen (secondary N) is 1. The van der Waals surface area contributed by atoms with Gasteiger partial charge in [0.05, 0.1) is 7.11 Å². The van der Waals surface area contributed by atoms with Crippen LogP contribution in [0.1, 0.15) is 10.4 Å². The molecule has 0 saturated carbocycles. The zero-order chi connectivity index (χ0) is 16.6. The number of nitrogens with zero attached hydrogens (tertiary/aromatic N) is 2. The maximum Gasteiger partial charge on any atom is 0.206 e. The molecule has 0 aliphatic carbocycles. The molecule has 0 aliphatic heterocycles. The highest BCUT2D eigenvalue weighted by atomic mass is 32.2. The van der Waals surface area contributed by atoms with Crippen LogP contribution in [0.25, 0.3) is 0 Å². The molecule has 0 atom stereocenters. The molecule has 3 rings (SSSR count). The first kappa shape index (κ1) is 17.3. The van der Waals surface area contributed by atoms with Gasteiger partial charge in [-0.15, -0.1) is 21.5 Å². The molecule has 3 aromatic rings. The number of aryl methyl sites for hydroxylation is 1. The molecule has 0 fully saturated rings. The van der Waals surface area contributed by atoms with Gasteiger partial charge >= 0.3 is 0 Å². The van der Waals surface area contributed by atoms with Crippen LogP contribution >= 0.6 is 34.4 Å². The average molecular weight is 378 g/mol. The highest BCUT2D eigenvalue weighted by Crippen LogP contribution is 2.26. The SMILES string of the molecule is COc1ccc(CCSc2nnc(NCCc3cccs3)s2)cc1. The molecule has 0 saturated heterocycles. The van der Waals surface area contributed by atoms with Gasteiger partial charge in [0.2, 0.25) is 5.13 Å². The molecule has 24 heavy (non-hydrogen) atoms. The van der Waals surface area contributed by atoms with Crippen molar-refractivity contribution in [2.75, 3.05) is 24.7 Å². The van der Waals surface area contributed by atoms with Crippen molar-refractivity contribution in [3.8, 4) is 5.75 Å². The van der Waals surface area contributed by atoms with Crippen LogP contribution in [-0.2, 0) is 12.8 Å². The summed E-state index contributed by atoms with van der Waals surface area (Å²) in [5.41, 5.74) is 1.31. The lowest BCUT2D eigenvalue weighted by atomic mass is 10.2. The van der Waals surface area contributed by atoms with E-state index in [-0.39, 0.29) is 0 Å². The minimum Gasteiger partial charge on any atom is -0.497 e. The molecule has 7 heteroatoms. The molecule has 2 heterocycles. The molecule has 1 aromatic carbocycles. The Morgan fingerprint density at radius 1 is 1.12 bits per heavy atom. The van der Waals surface area contributed by atoms with Crippen molar-refractivity contribution in [2.45, 2.75) is 17.2 Å². The van der Waals surface area contributed by atoms with Gasteiger partial charge in [0.15, 0.2) is 4.34 Å². The number of rotatable bonds is 9. The Kier molecular flexibility index (Phi) is 6.51. The van der Waals surface area contributed by atoms with E-state index in [9.17, 15) is 0 Å². The smallest absolute Gasteiger partial charge is 0.206 e. The number of thioether (sulfide) groups is 1. The lowest BCUT2D eigenvalue weighted by molar-refractivity contribution is 0.414. The number of hydrogen-bond donors (Lipinski definition) is 1. The molecule has 0 unspecified atom stereocenters. The maximum absolute atomic E-state index is 5.17. The van der Waals surface area contributed by atoms with Gasteiger partial charge in [-0.05, 0) is 42.0 Å². The zero-order valence-corrected chi connectivity index (χ0v) is 15.8. The second-order valence-electron chi connectivity index (χ2n) is 5.08. The van der Waals surface area contributed by atoms with Crippen LogP contribution in [0.5, 0.6) is 5.75 Å². The summed E-state index contributed by atoms with van der Waals surface area (Å²) in [5.74, 6) is 1.89. The average Bonchev–Trinajstić information content (AvgIpc) is 3.28. The number of anilines is 1. The summed E-state index contributed by atoms with van der Waals surface area (Å²) < 4.78 is 6.19. The summed E-state index contributed by atoms with van der Waals surface area (Å²) in [7, 11) is 1.69. The highest BCUT2D eigenvalue weighted by molar-refractivity contribution is 8.01. The third kappa shape index (κ3) is 5.22. The van der Waals surface area contributed by atoms with Crippen LogP contribution in [0, 0.1) is 0 Å². The number of thiophene rings is 1. The molecule has 0 aliphatic rings. The fourth-order valence-electron chi connectivity index (χ4n) is 2.14. The highest BCUT2D eigenvalue weighted by Gasteiger charge is 2.05. The Bertz CT molecular complexity index is 726. The number of benzene rings is 1. The predicted octanol–water partition coefficient (Wildman–Crippen LogP) is 4.60. The number of hydrogen-bond acceptors (Lipinski definition) is 7. The van der Waals surface area contributed by atoms with Gasteiger partial charge in [-0.1, -0.05) is 41.3 Å². The number of ether oxygens (including phenoxy) is 1. The van der Waals surface area contributed by atoms with Crippen molar-refractivity contribution in [3.63, 3.8) is 0 Å². The van der Waals surface area contributed by atoms with Gasteiger partial charge in [-0.25, -0.2) is 0 Å². The summed E-state index contributed by atoms with van der Waals surface area (Å²) in [6.45, 7) is 0.895. The van der Waals surface area contributed by atoms with Gasteiger partial charge in [0.1, 0.15) is 5.75 Å². The Morgan fingerprint density at radius 2 is 2.00 bits per heavy atom. The molecular weight excluding hydrogens is 358 g/mol. The van der Waals surface area contributed by atoms with E-state index in [0.717, 1.165) is 40.4 Å². The Hall–Kier alpha value is -1.57. The Labute approximate surface area is 154 Å². The number of methoxy groups -OCH3 is 1. The summed E-state index contributed by atoms with van der Waals surface area (Å²) in [6, 6.07) is 12.5. The van der Waals surface area contributed by atoms with Gasteiger partial charge in [0, 0.05) is 17.2 Å². The van der Waals surface area contributed by atoms with E-state index >= 15 is 0 Å². The topological polar surface area (TPSA) is 47.0 Å². The summed E-state index contributed by atoms with van der Waals surface area (Å²) in [4.78, 5) is 1.39. The molecule has 126 valence electrons. The predicted molar refractivity (Wildman–Crippen MR) is 104 cm³/mol. The molecule has 4 nitrogen and oxygen atoms in total. The molecule has 0 amide bonds. The van der Waals surface area contributed by atoms with Gasteiger partial charge in [-0.2, -0.15) is 0 Å². The van der Waals surface area contributed by atoms with Crippen LogP contribution in [0.15, 0.2) is 46.1 Å². The normalized spacial score (nSPS) is 10.7. The molecule has 0 bridgehead atoms. The Morgan fingerprint density at radius 3 is 2.75 bits per heavy atom. The van der Waals surface area contributed by atoms with Crippen LogP contribution in [0.4, 0.5) is 5.13 Å². The third-order valence-electron chi connectivity index (χ3n) is 3.41. The van der Waals surface area contributed by atoms with E-state index in [0.29, 0.717) is 0 Å². The van der Waals surface area contributed by atoms with Crippen LogP contribution in [-0.4, -0.2) is 29.6 Å². The molecule has 0 spiro atoms. The monoisotopic (exact) mass is 377 g/mol. The number of aromatic nitrogens is 2. The van der Waals surface area contributed by atoms with Crippen molar-refractivity contribution in [1.82, 2.24) is 10.2 Å². The fourth-order valence-corrected chi connectivity index (χ4v) is 4.68. The summed E-state index contributed by atoms with van der Waals surface area (Å²) >= 11 is 5.17. The van der Waals surface area contributed by atoms with Gasteiger partial charge in [0.25, 0.3) is 0 Å². The first-order chi connectivity index (χ1) is 11.8. The minimum absolute atomic E-state index is 0.895. The zero-order valence-electron chi connectivity index (χ0n) is 13.4. The van der Waals surface area contributed by atoms with Crippen molar-refractivity contribution < 1.29 is 4.74 Å². The van der Waals surface area contributed by atoms with E-state index in [1.165, 1.54) is 10.4 Å². The summed E-state index contributed by atoms with van der Waals surface area (Å²) in [5, 5.41) is 14.8. The second-order valence-corrected chi connectivity index (χ2v) is 8.43. The van der Waals surface area contributed by atoms with E-state index < -0.39 is 0 Å². The molecule has 0 radical (unpaired) electrons. The van der Waals surface area contributed by atoms with E-state index in [4.69, 9.17) is 4.74 Å². The largest absolute Gasteiger partial charge is 0.497 e. The summed E-state index contributed by atoms with van der Waals surface area (Å²) in [6.07, 6.45) is 2.03. The standard InChI is InChI=1S/C17H19N3OS3/c1-21-14-6-4-13(5-7-14)9-12-23-17-20-19-16(24-17)18-10-8-15-3-2-11-22-15/h2-7,11H,8-10,12H2,1H3,(H,18,19). The van der Waals surface area contributed by atoms with Gasteiger partial charge in [-0.3, -0.25) is 0 Å². The van der Waals surface area contributed by atoms with E-state index in [1.807, 2.05) is 12.1 Å². The molecule has 2 aromatic heterocycles. The van der Waals surface area contributed by atoms with Crippen LogP contribution in [0.3, 0.4) is 0 Å². The lowest BCUT2D eigenvalue weighted by Crippen LogP contribution is -2.03. The van der Waals surface area contributed by atoms with Crippen molar-refractivity contribution in [2.24, 2.45) is 0 Å². The van der Waals surface area contributed by atoms with E-state index in [1.54, 1.807) is 41.5 Å². The molecule has 1 N–H and O–H groups in total.